The lowest BCUT2D eigenvalue weighted by molar-refractivity contribution is -0.296. The van der Waals surface area contributed by atoms with E-state index < -0.39 is 47.2 Å². The maximum Gasteiger partial charge on any atom is 0.303 e. The number of rotatable bonds is 5. The number of ether oxygens (including phenoxy) is 4. The fourth-order valence-electron chi connectivity index (χ4n) is 9.37. The topological polar surface area (TPSA) is 125 Å². The highest BCUT2D eigenvalue weighted by atomic mass is 16.6. The Morgan fingerprint density at radius 3 is 2.03 bits per heavy atom. The van der Waals surface area contributed by atoms with Gasteiger partial charge in [0.15, 0.2) is 0 Å². The van der Waals surface area contributed by atoms with Gasteiger partial charge in [-0.2, -0.15) is 0 Å². The second kappa shape index (κ2) is 10.1. The Balaban J connectivity index is 1.82. The minimum Gasteiger partial charge on any atom is -0.463 e. The molecule has 214 valence electrons. The number of aliphatic hydroxyl groups is 1. The average Bonchev–Trinajstić information content (AvgIpc) is 3.07. The van der Waals surface area contributed by atoms with Crippen molar-refractivity contribution in [3.63, 3.8) is 0 Å². The first-order valence-corrected chi connectivity index (χ1v) is 14.1. The number of carbonyl (C=O) groups is 4. The number of carbonyl (C=O) groups excluding carboxylic acids is 4. The van der Waals surface area contributed by atoms with Crippen molar-refractivity contribution in [3.05, 3.63) is 0 Å². The third kappa shape index (κ3) is 4.52. The van der Waals surface area contributed by atoms with Gasteiger partial charge in [-0.3, -0.25) is 19.2 Å². The summed E-state index contributed by atoms with van der Waals surface area (Å²) >= 11 is 0. The lowest BCUT2D eigenvalue weighted by atomic mass is 9.41. The van der Waals surface area contributed by atoms with Crippen molar-refractivity contribution in [2.75, 3.05) is 0 Å². The summed E-state index contributed by atoms with van der Waals surface area (Å²) in [5, 5.41) is 12.7. The van der Waals surface area contributed by atoms with Gasteiger partial charge in [0.05, 0.1) is 5.60 Å². The highest BCUT2D eigenvalue weighted by molar-refractivity contribution is 5.68. The predicted octanol–water partition coefficient (Wildman–Crippen LogP) is 3.73. The summed E-state index contributed by atoms with van der Waals surface area (Å²) in [5.41, 5.74) is -2.55. The molecule has 9 nitrogen and oxygen atoms in total. The van der Waals surface area contributed by atoms with Gasteiger partial charge in [0, 0.05) is 44.9 Å². The van der Waals surface area contributed by atoms with Gasteiger partial charge >= 0.3 is 23.9 Å². The Morgan fingerprint density at radius 2 is 1.45 bits per heavy atom. The fraction of sp³-hybridized carbons (Fsp3) is 0.862. The summed E-state index contributed by atoms with van der Waals surface area (Å²) in [6.07, 6.45) is 2.40. The van der Waals surface area contributed by atoms with Crippen LogP contribution in [-0.2, 0) is 38.1 Å². The van der Waals surface area contributed by atoms with Gasteiger partial charge in [-0.15, -0.1) is 0 Å². The van der Waals surface area contributed by atoms with Crippen molar-refractivity contribution >= 4 is 23.9 Å². The Kier molecular flexibility index (Phi) is 7.67. The van der Waals surface area contributed by atoms with Crippen molar-refractivity contribution in [1.82, 2.24) is 0 Å². The Morgan fingerprint density at radius 1 is 0.816 bits per heavy atom. The summed E-state index contributed by atoms with van der Waals surface area (Å²) in [6, 6.07) is 0. The summed E-state index contributed by atoms with van der Waals surface area (Å²) in [7, 11) is 0. The zero-order valence-electron chi connectivity index (χ0n) is 23.8. The van der Waals surface area contributed by atoms with Crippen molar-refractivity contribution in [1.29, 1.82) is 0 Å². The lowest BCUT2D eigenvalue weighted by Crippen LogP contribution is -2.73. The van der Waals surface area contributed by atoms with Gasteiger partial charge in [0.2, 0.25) is 0 Å². The van der Waals surface area contributed by atoms with Crippen LogP contribution in [-0.4, -0.2) is 59.0 Å². The number of hydrogen-bond donors (Lipinski definition) is 1. The molecule has 4 aliphatic carbocycles. The maximum atomic E-state index is 12.7. The molecule has 0 unspecified atom stereocenters. The molecule has 0 spiro atoms. The molecule has 0 saturated heterocycles. The van der Waals surface area contributed by atoms with Crippen LogP contribution in [0.5, 0.6) is 0 Å². The maximum absolute atomic E-state index is 12.7. The van der Waals surface area contributed by atoms with E-state index in [-0.39, 0.29) is 41.2 Å². The van der Waals surface area contributed by atoms with Crippen LogP contribution < -0.4 is 0 Å². The molecule has 0 radical (unpaired) electrons. The van der Waals surface area contributed by atoms with E-state index in [0.717, 1.165) is 12.8 Å². The average molecular weight is 537 g/mol. The SMILES string of the molecule is CC(=O)O[C@H]1CC[C@@]2(C)[C@@H](CC[C@@H]3[C@@H]2[C@H](OC(C)=O)[C@@H](OC(C)=O)[C@]2(C)[C@@H]([C@H](C)OC(C)=O)CC[C@]32O)C1. The molecule has 1 N–H and O–H groups in total. The van der Waals surface area contributed by atoms with Gasteiger partial charge in [-0.1, -0.05) is 13.8 Å². The highest BCUT2D eigenvalue weighted by Gasteiger charge is 2.76. The zero-order valence-corrected chi connectivity index (χ0v) is 23.8. The van der Waals surface area contributed by atoms with E-state index in [0.29, 0.717) is 32.1 Å². The van der Waals surface area contributed by atoms with Crippen molar-refractivity contribution in [2.24, 2.45) is 34.5 Å². The standard InChI is InChI=1S/C29H44O9/c1-15(35-16(2)30)22-11-13-29(34)23-9-8-20-14-21(36-17(3)31)10-12-27(20,6)24(23)25(37-18(4)32)26(28(22,29)7)38-19(5)33/h15,20-26,34H,8-14H2,1-7H3/t15-,20-,21-,22+,23+,24+,25-,26+,27-,28-,29-/m0/s1. The zero-order chi connectivity index (χ0) is 28.2. The van der Waals surface area contributed by atoms with Crippen LogP contribution in [0.1, 0.15) is 93.4 Å². The smallest absolute Gasteiger partial charge is 0.303 e. The van der Waals surface area contributed by atoms with Gasteiger partial charge in [-0.05, 0) is 69.1 Å². The van der Waals surface area contributed by atoms with E-state index in [4.69, 9.17) is 18.9 Å². The van der Waals surface area contributed by atoms with Gasteiger partial charge in [-0.25, -0.2) is 0 Å². The molecule has 0 aromatic carbocycles. The molecule has 4 rings (SSSR count). The third-order valence-electron chi connectivity index (χ3n) is 10.7. The van der Waals surface area contributed by atoms with Crippen LogP contribution in [0, 0.1) is 34.5 Å². The van der Waals surface area contributed by atoms with Crippen LogP contribution in [0.3, 0.4) is 0 Å². The largest absolute Gasteiger partial charge is 0.463 e. The molecule has 0 aliphatic heterocycles. The molecule has 0 bridgehead atoms. The van der Waals surface area contributed by atoms with Crippen LogP contribution in [0.4, 0.5) is 0 Å². The van der Waals surface area contributed by atoms with Gasteiger partial charge < -0.3 is 24.1 Å². The molecular weight excluding hydrogens is 492 g/mol. The minimum atomic E-state index is -1.21. The first-order chi connectivity index (χ1) is 17.6. The summed E-state index contributed by atoms with van der Waals surface area (Å²) in [6.45, 7) is 11.4. The van der Waals surface area contributed by atoms with Crippen LogP contribution >= 0.6 is 0 Å². The molecule has 4 aliphatic rings. The third-order valence-corrected chi connectivity index (χ3v) is 10.7. The van der Waals surface area contributed by atoms with Gasteiger partial charge in [0.25, 0.3) is 0 Å². The molecule has 11 atom stereocenters. The molecule has 4 saturated carbocycles. The molecule has 38 heavy (non-hydrogen) atoms. The van der Waals surface area contributed by atoms with E-state index >= 15 is 0 Å². The lowest BCUT2D eigenvalue weighted by Gasteiger charge is -2.67. The molecule has 9 heteroatoms. The molecule has 0 aromatic heterocycles. The molecule has 4 fully saturated rings. The van der Waals surface area contributed by atoms with E-state index in [1.807, 2.05) is 13.8 Å². The van der Waals surface area contributed by atoms with Crippen LogP contribution in [0.2, 0.25) is 0 Å². The van der Waals surface area contributed by atoms with Crippen LogP contribution in [0.15, 0.2) is 0 Å². The fourth-order valence-corrected chi connectivity index (χ4v) is 9.37. The Labute approximate surface area is 225 Å². The second-order valence-corrected chi connectivity index (χ2v) is 12.7. The molecular formula is C29H44O9. The van der Waals surface area contributed by atoms with Crippen molar-refractivity contribution in [3.8, 4) is 0 Å². The Hall–Kier alpha value is -2.16. The normalized spacial score (nSPS) is 44.5. The number of hydrogen-bond acceptors (Lipinski definition) is 9. The monoisotopic (exact) mass is 536 g/mol. The van der Waals surface area contributed by atoms with E-state index in [2.05, 4.69) is 6.92 Å². The van der Waals surface area contributed by atoms with E-state index in [9.17, 15) is 24.3 Å². The second-order valence-electron chi connectivity index (χ2n) is 12.7. The summed E-state index contributed by atoms with van der Waals surface area (Å²) in [5.74, 6) is -2.26. The molecule has 0 heterocycles. The van der Waals surface area contributed by atoms with Gasteiger partial charge in [0.1, 0.15) is 24.4 Å². The summed E-state index contributed by atoms with van der Waals surface area (Å²) in [4.78, 5) is 48.6. The first kappa shape index (κ1) is 28.8. The van der Waals surface area contributed by atoms with Crippen molar-refractivity contribution < 1.29 is 43.2 Å². The van der Waals surface area contributed by atoms with Crippen LogP contribution in [0.25, 0.3) is 0 Å². The van der Waals surface area contributed by atoms with Crippen molar-refractivity contribution in [2.45, 2.75) is 123 Å². The predicted molar refractivity (Wildman–Crippen MR) is 135 cm³/mol. The minimum absolute atomic E-state index is 0.157. The molecule has 0 amide bonds. The van der Waals surface area contributed by atoms with E-state index in [1.165, 1.54) is 27.7 Å². The number of fused-ring (bicyclic) bond motifs is 5. The summed E-state index contributed by atoms with van der Waals surface area (Å²) < 4.78 is 23.3. The first-order valence-electron chi connectivity index (χ1n) is 14.1. The highest BCUT2D eigenvalue weighted by Crippen LogP contribution is 2.70. The quantitative estimate of drug-likeness (QED) is 0.413. The molecule has 0 aromatic rings. The van der Waals surface area contributed by atoms with E-state index in [1.54, 1.807) is 0 Å². The number of esters is 4. The Bertz CT molecular complexity index is 979.